The summed E-state index contributed by atoms with van der Waals surface area (Å²) in [4.78, 5) is 11.2. The van der Waals surface area contributed by atoms with Crippen LogP contribution < -0.4 is 4.90 Å². The highest BCUT2D eigenvalue weighted by Gasteiger charge is 2.39. The monoisotopic (exact) mass is 334 g/mol. The van der Waals surface area contributed by atoms with Crippen molar-refractivity contribution in [2.24, 2.45) is 7.05 Å². The van der Waals surface area contributed by atoms with Gasteiger partial charge in [0.25, 0.3) is 0 Å². The number of aryl methyl sites for hydroxylation is 1. The van der Waals surface area contributed by atoms with Gasteiger partial charge in [-0.15, -0.1) is 13.2 Å². The van der Waals surface area contributed by atoms with Crippen molar-refractivity contribution in [2.45, 2.75) is 12.5 Å². The first-order chi connectivity index (χ1) is 10.3. The predicted molar refractivity (Wildman–Crippen MR) is 70.2 cm³/mol. The van der Waals surface area contributed by atoms with Crippen LogP contribution in [-0.4, -0.2) is 50.5 Å². The molecule has 0 amide bonds. The Bertz CT molecular complexity index is 685. The molecule has 7 nitrogen and oxygen atoms in total. The molecular weight excluding hydrogens is 325 g/mol. The van der Waals surface area contributed by atoms with Gasteiger partial charge in [0.1, 0.15) is 22.8 Å². The third-order valence-electron chi connectivity index (χ3n) is 2.98. The first-order valence-corrected chi connectivity index (χ1v) is 6.59. The van der Waals surface area contributed by atoms with E-state index in [1.54, 1.807) is 11.9 Å². The Balaban J connectivity index is 1.75. The van der Waals surface area contributed by atoms with Gasteiger partial charge in [-0.2, -0.15) is 15.0 Å². The van der Waals surface area contributed by atoms with Gasteiger partial charge in [-0.05, 0) is 0 Å². The average Bonchev–Trinajstić information content (AvgIpc) is 2.78. The van der Waals surface area contributed by atoms with Gasteiger partial charge in [0.05, 0.1) is 6.20 Å². The number of nitrogens with zero attached hydrogens (tertiary/aromatic N) is 6. The molecule has 1 fully saturated rings. The number of ether oxygens (including phenoxy) is 1. The van der Waals surface area contributed by atoms with Crippen molar-refractivity contribution >= 4 is 17.4 Å². The lowest BCUT2D eigenvalue weighted by Crippen LogP contribution is -2.54. The quantitative estimate of drug-likeness (QED) is 0.795. The molecule has 0 unspecified atom stereocenters. The molecule has 118 valence electrons. The molecule has 1 aliphatic rings. The van der Waals surface area contributed by atoms with E-state index in [2.05, 4.69) is 24.9 Å². The zero-order valence-electron chi connectivity index (χ0n) is 11.2. The zero-order chi connectivity index (χ0) is 15.9. The first-order valence-electron chi connectivity index (χ1n) is 6.21. The summed E-state index contributed by atoms with van der Waals surface area (Å²) in [7, 11) is 1.64. The van der Waals surface area contributed by atoms with Crippen molar-refractivity contribution in [1.29, 1.82) is 0 Å². The van der Waals surface area contributed by atoms with Gasteiger partial charge in [0, 0.05) is 26.2 Å². The first kappa shape index (κ1) is 15.0. The summed E-state index contributed by atoms with van der Waals surface area (Å²) < 4.78 is 40.2. The van der Waals surface area contributed by atoms with E-state index >= 15 is 0 Å². The minimum atomic E-state index is -4.63. The predicted octanol–water partition coefficient (Wildman–Crippen LogP) is 1.65. The largest absolute Gasteiger partial charge is 0.522 e. The minimum absolute atomic E-state index is 0.0762. The second-order valence-corrected chi connectivity index (χ2v) is 5.07. The number of halogens is 4. The van der Waals surface area contributed by atoms with Crippen LogP contribution >= 0.6 is 11.6 Å². The van der Waals surface area contributed by atoms with Crippen LogP contribution in [0.15, 0.2) is 12.3 Å². The van der Waals surface area contributed by atoms with Crippen molar-refractivity contribution in [1.82, 2.24) is 25.0 Å². The Labute approximate surface area is 127 Å². The van der Waals surface area contributed by atoms with Crippen LogP contribution in [0.3, 0.4) is 0 Å². The molecule has 0 bridgehead atoms. The maximum Gasteiger partial charge on any atom is 0.522 e. The Kier molecular flexibility index (Phi) is 3.65. The molecule has 0 saturated carbocycles. The van der Waals surface area contributed by atoms with Gasteiger partial charge in [0.2, 0.25) is 0 Å². The molecule has 0 radical (unpaired) electrons. The summed E-state index contributed by atoms with van der Waals surface area (Å²) in [6.07, 6.45) is -4.07. The molecule has 0 spiro atoms. The topological polar surface area (TPSA) is 69.0 Å². The Morgan fingerprint density at radius 1 is 1.32 bits per heavy atom. The molecule has 2 aromatic heterocycles. The van der Waals surface area contributed by atoms with Crippen LogP contribution in [0.2, 0.25) is 5.15 Å². The molecular formula is C11H10ClF3N6O. The summed E-state index contributed by atoms with van der Waals surface area (Å²) in [5.41, 5.74) is 0.426. The summed E-state index contributed by atoms with van der Waals surface area (Å²) >= 11 is 5.93. The molecule has 1 aliphatic heterocycles. The van der Waals surface area contributed by atoms with E-state index in [-0.39, 0.29) is 24.1 Å². The van der Waals surface area contributed by atoms with Gasteiger partial charge in [-0.3, -0.25) is 4.74 Å². The third kappa shape index (κ3) is 3.28. The van der Waals surface area contributed by atoms with E-state index in [1.165, 1.54) is 17.1 Å². The average molecular weight is 335 g/mol. The fourth-order valence-electron chi connectivity index (χ4n) is 2.02. The van der Waals surface area contributed by atoms with Gasteiger partial charge in [0.15, 0.2) is 5.82 Å². The van der Waals surface area contributed by atoms with Crippen LogP contribution in [-0.2, 0) is 11.8 Å². The molecule has 0 aliphatic carbocycles. The molecule has 1 saturated heterocycles. The molecule has 22 heavy (non-hydrogen) atoms. The second kappa shape index (κ2) is 5.36. The molecule has 0 atom stereocenters. The van der Waals surface area contributed by atoms with Gasteiger partial charge < -0.3 is 4.90 Å². The normalized spacial score (nSPS) is 16.0. The van der Waals surface area contributed by atoms with Gasteiger partial charge in [-0.25, -0.2) is 9.97 Å². The number of hydrogen-bond acceptors (Lipinski definition) is 6. The van der Waals surface area contributed by atoms with Gasteiger partial charge >= 0.3 is 6.36 Å². The van der Waals surface area contributed by atoms with Gasteiger partial charge in [-0.1, -0.05) is 11.6 Å². The summed E-state index contributed by atoms with van der Waals surface area (Å²) in [5, 5.41) is 8.14. The van der Waals surface area contributed by atoms with E-state index < -0.39 is 12.5 Å². The summed E-state index contributed by atoms with van der Waals surface area (Å²) in [6, 6.07) is 1.48. The van der Waals surface area contributed by atoms with Crippen molar-refractivity contribution in [2.75, 3.05) is 18.0 Å². The van der Waals surface area contributed by atoms with E-state index in [4.69, 9.17) is 11.6 Å². The highest BCUT2D eigenvalue weighted by molar-refractivity contribution is 6.29. The number of rotatable bonds is 3. The van der Waals surface area contributed by atoms with E-state index in [0.29, 0.717) is 11.5 Å². The zero-order valence-corrected chi connectivity index (χ0v) is 12.0. The van der Waals surface area contributed by atoms with Crippen LogP contribution in [0.5, 0.6) is 0 Å². The van der Waals surface area contributed by atoms with Crippen molar-refractivity contribution in [3.05, 3.63) is 17.4 Å². The second-order valence-electron chi connectivity index (χ2n) is 4.68. The van der Waals surface area contributed by atoms with Crippen LogP contribution in [0.4, 0.5) is 19.0 Å². The highest BCUT2D eigenvalue weighted by Crippen LogP contribution is 2.28. The lowest BCUT2D eigenvalue weighted by molar-refractivity contribution is -0.344. The van der Waals surface area contributed by atoms with E-state index in [0.717, 1.165) is 0 Å². The van der Waals surface area contributed by atoms with E-state index in [1.807, 2.05) is 0 Å². The van der Waals surface area contributed by atoms with Crippen molar-refractivity contribution < 1.29 is 17.9 Å². The fraction of sp³-hybridized carbons (Fsp3) is 0.455. The Morgan fingerprint density at radius 3 is 2.64 bits per heavy atom. The molecule has 3 rings (SSSR count). The third-order valence-corrected chi connectivity index (χ3v) is 3.18. The van der Waals surface area contributed by atoms with Crippen molar-refractivity contribution in [3.63, 3.8) is 0 Å². The molecule has 3 heterocycles. The summed E-state index contributed by atoms with van der Waals surface area (Å²) in [5.74, 6) is 0.679. The number of anilines is 1. The lowest BCUT2D eigenvalue weighted by Gasteiger charge is -2.39. The number of hydrogen-bond donors (Lipinski definition) is 0. The fourth-order valence-corrected chi connectivity index (χ4v) is 2.20. The minimum Gasteiger partial charge on any atom is -0.351 e. The molecule has 0 aromatic carbocycles. The Morgan fingerprint density at radius 2 is 2.05 bits per heavy atom. The van der Waals surface area contributed by atoms with Crippen molar-refractivity contribution in [3.8, 4) is 11.5 Å². The smallest absolute Gasteiger partial charge is 0.351 e. The molecule has 0 N–H and O–H groups in total. The lowest BCUT2D eigenvalue weighted by atomic mass is 10.1. The highest BCUT2D eigenvalue weighted by atomic mass is 35.5. The summed E-state index contributed by atoms with van der Waals surface area (Å²) in [6.45, 7) is 0.152. The van der Waals surface area contributed by atoms with Crippen LogP contribution in [0.1, 0.15) is 0 Å². The molecule has 2 aromatic rings. The maximum absolute atomic E-state index is 12.1. The van der Waals surface area contributed by atoms with Crippen LogP contribution in [0, 0.1) is 0 Å². The number of alkyl halides is 3. The van der Waals surface area contributed by atoms with Crippen LogP contribution in [0.25, 0.3) is 11.5 Å². The Hall–Kier alpha value is -1.94. The molecule has 11 heteroatoms. The number of aromatic nitrogens is 5. The SMILES string of the molecule is Cn1ncc(-c2nc(Cl)cc(N3CC(OC(F)(F)F)C3)n2)n1. The maximum atomic E-state index is 12.1. The standard InChI is InChI=1S/C11H10ClF3N6O/c1-20-16-3-7(19-20)10-17-8(12)2-9(18-10)21-4-6(5-21)22-11(13,14)15/h2-3,6H,4-5H2,1H3. The van der Waals surface area contributed by atoms with E-state index in [9.17, 15) is 13.2 Å².